The van der Waals surface area contributed by atoms with Crippen LogP contribution in [0.5, 0.6) is 0 Å². The van der Waals surface area contributed by atoms with E-state index in [2.05, 4.69) is 71.9 Å². The Morgan fingerprint density at radius 3 is 1.19 bits per heavy atom. The van der Waals surface area contributed by atoms with Gasteiger partial charge in [-0.15, -0.1) is 0 Å². The Labute approximate surface area is 198 Å². The largest absolute Gasteiger partial charge is 0.0875 e. The second-order valence-electron chi connectivity index (χ2n) is 10.5. The van der Waals surface area contributed by atoms with Crippen molar-refractivity contribution in [3.8, 4) is 0 Å². The zero-order valence-electron chi connectivity index (χ0n) is 22.2. The van der Waals surface area contributed by atoms with Gasteiger partial charge >= 0.3 is 0 Å². The fourth-order valence-corrected chi connectivity index (χ4v) is 12.8. The first-order valence-corrected chi connectivity index (χ1v) is 16.8. The Morgan fingerprint density at radius 2 is 0.903 bits per heavy atom. The number of hydrogen-bond donors (Lipinski definition) is 0. The highest BCUT2D eigenvalue weighted by molar-refractivity contribution is 6.92. The highest BCUT2D eigenvalue weighted by Gasteiger charge is 2.40. The van der Waals surface area contributed by atoms with Crippen molar-refractivity contribution < 1.29 is 0 Å². The van der Waals surface area contributed by atoms with Gasteiger partial charge in [0.25, 0.3) is 0 Å². The lowest BCUT2D eigenvalue weighted by Crippen LogP contribution is -2.51. The Kier molecular flexibility index (Phi) is 15.6. The Morgan fingerprint density at radius 1 is 0.548 bits per heavy atom. The first-order chi connectivity index (χ1) is 15.1. The minimum atomic E-state index is -1.57. The van der Waals surface area contributed by atoms with Gasteiger partial charge in [0.15, 0.2) is 0 Å². The summed E-state index contributed by atoms with van der Waals surface area (Å²) in [5.74, 6) is 2.79. The van der Waals surface area contributed by atoms with E-state index in [0.717, 1.165) is 17.8 Å². The van der Waals surface area contributed by atoms with Crippen LogP contribution in [0, 0.1) is 17.8 Å². The zero-order valence-corrected chi connectivity index (χ0v) is 23.2. The molecule has 0 nitrogen and oxygen atoms in total. The molecule has 0 saturated heterocycles. The quantitative estimate of drug-likeness (QED) is 0.186. The lowest BCUT2D eigenvalue weighted by atomic mass is 10.0. The molecule has 1 aromatic carbocycles. The monoisotopic (exact) mass is 444 g/mol. The summed E-state index contributed by atoms with van der Waals surface area (Å²) in [5.41, 5.74) is 0. The summed E-state index contributed by atoms with van der Waals surface area (Å²) >= 11 is 0. The van der Waals surface area contributed by atoms with Gasteiger partial charge < -0.3 is 0 Å². The summed E-state index contributed by atoms with van der Waals surface area (Å²) in [6.07, 6.45) is 16.8. The number of hydrogen-bond acceptors (Lipinski definition) is 0. The molecule has 0 saturated carbocycles. The summed E-state index contributed by atoms with van der Waals surface area (Å²) in [6, 6.07) is 16.6. The molecular formula is C30H56Si. The molecule has 0 aliphatic rings. The van der Waals surface area contributed by atoms with E-state index in [1.807, 2.05) is 0 Å². The third-order valence-corrected chi connectivity index (χ3v) is 13.7. The lowest BCUT2D eigenvalue weighted by Gasteiger charge is -2.41. The third-order valence-electron chi connectivity index (χ3n) is 8.05. The predicted octanol–water partition coefficient (Wildman–Crippen LogP) is 9.99. The van der Waals surface area contributed by atoms with Gasteiger partial charge in [-0.1, -0.05) is 172 Å². The fourth-order valence-electron chi connectivity index (χ4n) is 5.88. The molecule has 0 bridgehead atoms. The van der Waals surface area contributed by atoms with Gasteiger partial charge in [0, 0.05) is 0 Å². The topological polar surface area (TPSA) is 0 Å². The molecule has 0 N–H and O–H groups in total. The van der Waals surface area contributed by atoms with Gasteiger partial charge in [-0.2, -0.15) is 0 Å². The second-order valence-corrected chi connectivity index (χ2v) is 14.9. The molecule has 0 fully saturated rings. The third kappa shape index (κ3) is 10.3. The van der Waals surface area contributed by atoms with E-state index in [4.69, 9.17) is 0 Å². The maximum Gasteiger partial charge on any atom is 0.0875 e. The van der Waals surface area contributed by atoms with Crippen LogP contribution >= 0.6 is 0 Å². The molecule has 0 radical (unpaired) electrons. The standard InChI is InChI=1S/C30H56Si/c1-7-13-19-27(10-4)24-31(30-22-17-16-18-23-30,25-28(11-5)20-14-8-2)26-29(12-6)21-15-9-3/h16-18,22-23,27-29H,7-15,19-21,24-26H2,1-6H3/t27-,28-,29+/m0/s1. The summed E-state index contributed by atoms with van der Waals surface area (Å²) in [4.78, 5) is 0. The van der Waals surface area contributed by atoms with Gasteiger partial charge in [-0.25, -0.2) is 0 Å². The molecule has 31 heavy (non-hydrogen) atoms. The second kappa shape index (κ2) is 17.0. The molecule has 3 atom stereocenters. The molecule has 0 unspecified atom stereocenters. The van der Waals surface area contributed by atoms with E-state index in [1.165, 1.54) is 77.0 Å². The van der Waals surface area contributed by atoms with E-state index in [1.54, 1.807) is 23.3 Å². The highest BCUT2D eigenvalue weighted by atomic mass is 28.3. The minimum absolute atomic E-state index is 0.930. The van der Waals surface area contributed by atoms with Crippen LogP contribution in [0.25, 0.3) is 0 Å². The van der Waals surface area contributed by atoms with E-state index in [-0.39, 0.29) is 0 Å². The van der Waals surface area contributed by atoms with Crippen LogP contribution in [0.2, 0.25) is 18.1 Å². The molecule has 0 aromatic heterocycles. The van der Waals surface area contributed by atoms with E-state index >= 15 is 0 Å². The van der Waals surface area contributed by atoms with E-state index < -0.39 is 8.07 Å². The SMILES string of the molecule is CCCC[C@@H](CC)C[Si](C[C@@H](CC)CCCC)(C[C@@H](CC)CCCC)c1ccccc1. The molecule has 0 aliphatic heterocycles. The van der Waals surface area contributed by atoms with Crippen LogP contribution in [-0.4, -0.2) is 8.07 Å². The molecular weight excluding hydrogens is 388 g/mol. The lowest BCUT2D eigenvalue weighted by molar-refractivity contribution is 0.448. The van der Waals surface area contributed by atoms with Crippen molar-refractivity contribution in [1.82, 2.24) is 0 Å². The van der Waals surface area contributed by atoms with Crippen LogP contribution in [0.3, 0.4) is 0 Å². The van der Waals surface area contributed by atoms with E-state index in [0.29, 0.717) is 0 Å². The molecule has 1 rings (SSSR count). The van der Waals surface area contributed by atoms with Gasteiger partial charge in [0.1, 0.15) is 0 Å². The Hall–Kier alpha value is -0.563. The summed E-state index contributed by atoms with van der Waals surface area (Å²) in [7, 11) is -1.57. The van der Waals surface area contributed by atoms with Crippen molar-refractivity contribution >= 4 is 13.3 Å². The van der Waals surface area contributed by atoms with Gasteiger partial charge in [0.2, 0.25) is 0 Å². The maximum absolute atomic E-state index is 2.54. The van der Waals surface area contributed by atoms with Crippen molar-refractivity contribution in [1.29, 1.82) is 0 Å². The first-order valence-electron chi connectivity index (χ1n) is 14.1. The van der Waals surface area contributed by atoms with Crippen LogP contribution in [0.15, 0.2) is 30.3 Å². The van der Waals surface area contributed by atoms with Crippen LogP contribution in [0.4, 0.5) is 0 Å². The van der Waals surface area contributed by atoms with Crippen LogP contribution in [0.1, 0.15) is 119 Å². The summed E-state index contributed by atoms with van der Waals surface area (Å²) in [6.45, 7) is 14.5. The van der Waals surface area contributed by atoms with E-state index in [9.17, 15) is 0 Å². The van der Waals surface area contributed by atoms with Gasteiger partial charge in [-0.3, -0.25) is 0 Å². The summed E-state index contributed by atoms with van der Waals surface area (Å²) in [5, 5.41) is 1.79. The average Bonchev–Trinajstić information content (AvgIpc) is 2.82. The number of unbranched alkanes of at least 4 members (excludes halogenated alkanes) is 3. The summed E-state index contributed by atoms with van der Waals surface area (Å²) < 4.78 is 0. The molecule has 0 amide bonds. The van der Waals surface area contributed by atoms with Crippen molar-refractivity contribution in [2.75, 3.05) is 0 Å². The molecule has 1 heteroatoms. The molecule has 0 heterocycles. The van der Waals surface area contributed by atoms with Crippen molar-refractivity contribution in [3.05, 3.63) is 30.3 Å². The Balaban J connectivity index is 3.35. The molecule has 0 aliphatic carbocycles. The van der Waals surface area contributed by atoms with Gasteiger partial charge in [-0.05, 0) is 17.8 Å². The average molecular weight is 445 g/mol. The fraction of sp³-hybridized carbons (Fsp3) is 0.800. The zero-order chi connectivity index (χ0) is 23.0. The van der Waals surface area contributed by atoms with Crippen molar-refractivity contribution in [3.63, 3.8) is 0 Å². The number of benzene rings is 1. The van der Waals surface area contributed by atoms with Gasteiger partial charge in [0.05, 0.1) is 8.07 Å². The minimum Gasteiger partial charge on any atom is -0.0654 e. The smallest absolute Gasteiger partial charge is 0.0654 e. The first kappa shape index (κ1) is 28.5. The van der Waals surface area contributed by atoms with Crippen LogP contribution in [-0.2, 0) is 0 Å². The van der Waals surface area contributed by atoms with Crippen molar-refractivity contribution in [2.45, 2.75) is 137 Å². The normalized spacial score (nSPS) is 15.0. The van der Waals surface area contributed by atoms with Crippen LogP contribution < -0.4 is 5.19 Å². The van der Waals surface area contributed by atoms with Crippen molar-refractivity contribution in [2.24, 2.45) is 17.8 Å². The molecule has 0 spiro atoms. The molecule has 180 valence electrons. The highest BCUT2D eigenvalue weighted by Crippen LogP contribution is 2.38. The maximum atomic E-state index is 2.54. The molecule has 1 aromatic rings. The predicted molar refractivity (Wildman–Crippen MR) is 146 cm³/mol. The Bertz CT molecular complexity index is 477. The number of rotatable bonds is 19.